The molecule has 1 unspecified atom stereocenters. The summed E-state index contributed by atoms with van der Waals surface area (Å²) in [5.74, 6) is 0.204. The van der Waals surface area contributed by atoms with E-state index in [0.29, 0.717) is 6.42 Å². The molecule has 4 nitrogen and oxygen atoms in total. The van der Waals surface area contributed by atoms with Crippen molar-refractivity contribution in [3.05, 3.63) is 48.0 Å². The molecule has 0 bridgehead atoms. The molecule has 0 aliphatic heterocycles. The zero-order chi connectivity index (χ0) is 13.7. The Labute approximate surface area is 113 Å². The summed E-state index contributed by atoms with van der Waals surface area (Å²) in [6, 6.07) is 7.78. The number of benzene rings is 1. The first-order valence-corrected chi connectivity index (χ1v) is 6.58. The van der Waals surface area contributed by atoms with Crippen LogP contribution in [-0.4, -0.2) is 15.8 Å². The van der Waals surface area contributed by atoms with Crippen molar-refractivity contribution in [2.24, 2.45) is 0 Å². The van der Waals surface area contributed by atoms with Gasteiger partial charge >= 0.3 is 0 Å². The van der Waals surface area contributed by atoms with E-state index in [1.807, 2.05) is 31.2 Å². The Kier molecular flexibility index (Phi) is 4.34. The third-order valence-electron chi connectivity index (χ3n) is 3.05. The number of hydrogen-bond donors (Lipinski definition) is 2. The van der Waals surface area contributed by atoms with E-state index >= 15 is 0 Å². The number of aromatic nitrogens is 2. The highest BCUT2D eigenvalue weighted by Gasteiger charge is 2.07. The van der Waals surface area contributed by atoms with Gasteiger partial charge in [-0.2, -0.15) is 0 Å². The Morgan fingerprint density at radius 3 is 2.68 bits per heavy atom. The van der Waals surface area contributed by atoms with Gasteiger partial charge in [-0.05, 0) is 37.6 Å². The lowest BCUT2D eigenvalue weighted by atomic mass is 10.1. The van der Waals surface area contributed by atoms with E-state index in [-0.39, 0.29) is 11.8 Å². The highest BCUT2D eigenvalue weighted by atomic mass is 16.1. The van der Waals surface area contributed by atoms with Crippen LogP contribution >= 0.6 is 0 Å². The van der Waals surface area contributed by atoms with Crippen LogP contribution in [0.4, 0.5) is 5.69 Å². The van der Waals surface area contributed by atoms with Gasteiger partial charge in [-0.25, -0.2) is 4.98 Å². The first-order chi connectivity index (χ1) is 9.20. The Morgan fingerprint density at radius 1 is 1.37 bits per heavy atom. The maximum Gasteiger partial charge on any atom is 0.162 e. The molecule has 0 aliphatic carbocycles. The minimum absolute atomic E-state index is 0.152. The van der Waals surface area contributed by atoms with Crippen LogP contribution in [0.1, 0.15) is 48.8 Å². The second kappa shape index (κ2) is 6.18. The maximum atomic E-state index is 11.7. The molecule has 0 aliphatic rings. The molecule has 19 heavy (non-hydrogen) atoms. The van der Waals surface area contributed by atoms with Gasteiger partial charge in [-0.3, -0.25) is 4.79 Å². The van der Waals surface area contributed by atoms with Gasteiger partial charge in [0.15, 0.2) is 5.78 Å². The van der Waals surface area contributed by atoms with Gasteiger partial charge in [0.25, 0.3) is 0 Å². The number of carbonyl (C=O) groups excluding carboxylic acids is 1. The number of hydrogen-bond acceptors (Lipinski definition) is 3. The predicted molar refractivity (Wildman–Crippen MR) is 76.3 cm³/mol. The molecule has 0 saturated carbocycles. The van der Waals surface area contributed by atoms with Gasteiger partial charge < -0.3 is 10.3 Å². The van der Waals surface area contributed by atoms with E-state index in [1.165, 1.54) is 0 Å². The number of nitrogens with one attached hydrogen (secondary N) is 2. The summed E-state index contributed by atoms with van der Waals surface area (Å²) in [5.41, 5.74) is 2.81. The summed E-state index contributed by atoms with van der Waals surface area (Å²) in [6.45, 7) is 4.07. The molecule has 2 aromatic rings. The van der Waals surface area contributed by atoms with Gasteiger partial charge in [0.05, 0.1) is 18.1 Å². The lowest BCUT2D eigenvalue weighted by Crippen LogP contribution is -2.07. The monoisotopic (exact) mass is 257 g/mol. The van der Waals surface area contributed by atoms with Crippen LogP contribution in [0, 0.1) is 0 Å². The lowest BCUT2D eigenvalue weighted by molar-refractivity contribution is 0.0982. The first kappa shape index (κ1) is 13.3. The van der Waals surface area contributed by atoms with Gasteiger partial charge in [-0.1, -0.05) is 6.92 Å². The van der Waals surface area contributed by atoms with Crippen LogP contribution in [0.25, 0.3) is 0 Å². The summed E-state index contributed by atoms with van der Waals surface area (Å²) < 4.78 is 0. The second-order valence-electron chi connectivity index (χ2n) is 4.62. The molecule has 0 radical (unpaired) electrons. The summed E-state index contributed by atoms with van der Waals surface area (Å²) in [4.78, 5) is 18.8. The normalized spacial score (nSPS) is 12.1. The van der Waals surface area contributed by atoms with Crippen molar-refractivity contribution in [3.8, 4) is 0 Å². The predicted octanol–water partition coefficient (Wildman–Crippen LogP) is 3.57. The van der Waals surface area contributed by atoms with Crippen molar-refractivity contribution in [2.75, 3.05) is 5.32 Å². The highest BCUT2D eigenvalue weighted by Crippen LogP contribution is 2.18. The fourth-order valence-electron chi connectivity index (χ4n) is 1.95. The minimum atomic E-state index is 0.152. The molecule has 100 valence electrons. The van der Waals surface area contributed by atoms with Crippen molar-refractivity contribution in [3.63, 3.8) is 0 Å². The van der Waals surface area contributed by atoms with E-state index < -0.39 is 0 Å². The summed E-state index contributed by atoms with van der Waals surface area (Å²) in [6.07, 6.45) is 4.96. The van der Waals surface area contributed by atoms with E-state index in [9.17, 15) is 4.79 Å². The van der Waals surface area contributed by atoms with Gasteiger partial charge in [0.1, 0.15) is 0 Å². The molecule has 0 spiro atoms. The molecule has 0 saturated heterocycles. The molecule has 1 atom stereocenters. The van der Waals surface area contributed by atoms with Gasteiger partial charge in [0.2, 0.25) is 0 Å². The van der Waals surface area contributed by atoms with E-state index in [2.05, 4.69) is 22.2 Å². The zero-order valence-electron chi connectivity index (χ0n) is 11.3. The quantitative estimate of drug-likeness (QED) is 0.778. The zero-order valence-corrected chi connectivity index (χ0v) is 11.3. The van der Waals surface area contributed by atoms with Gasteiger partial charge in [-0.15, -0.1) is 0 Å². The molecule has 0 fully saturated rings. The molecule has 1 aromatic carbocycles. The maximum absolute atomic E-state index is 11.7. The Morgan fingerprint density at radius 2 is 2.11 bits per heavy atom. The van der Waals surface area contributed by atoms with Crippen molar-refractivity contribution in [1.29, 1.82) is 0 Å². The molecule has 1 aromatic heterocycles. The number of nitrogens with zero attached hydrogens (tertiary/aromatic N) is 1. The Balaban J connectivity index is 2.01. The molecule has 2 N–H and O–H groups in total. The van der Waals surface area contributed by atoms with Crippen molar-refractivity contribution < 1.29 is 4.79 Å². The average Bonchev–Trinajstić information content (AvgIpc) is 2.94. The molecular formula is C15H19N3O. The van der Waals surface area contributed by atoms with Crippen molar-refractivity contribution >= 4 is 11.5 Å². The minimum Gasteiger partial charge on any atom is -0.377 e. The van der Waals surface area contributed by atoms with Crippen LogP contribution in [0.3, 0.4) is 0 Å². The second-order valence-corrected chi connectivity index (χ2v) is 4.62. The molecular weight excluding hydrogens is 238 g/mol. The van der Waals surface area contributed by atoms with E-state index in [1.54, 1.807) is 12.5 Å². The smallest absolute Gasteiger partial charge is 0.162 e. The van der Waals surface area contributed by atoms with Crippen LogP contribution < -0.4 is 5.32 Å². The molecule has 2 rings (SSSR count). The van der Waals surface area contributed by atoms with Crippen LogP contribution in [0.5, 0.6) is 0 Å². The average molecular weight is 257 g/mol. The van der Waals surface area contributed by atoms with Crippen LogP contribution in [-0.2, 0) is 0 Å². The molecule has 1 heterocycles. The number of carbonyl (C=O) groups is 1. The summed E-state index contributed by atoms with van der Waals surface area (Å²) in [5, 5.41) is 3.36. The topological polar surface area (TPSA) is 57.8 Å². The standard InChI is InChI=1S/C15H19N3O/c1-3-4-15(19)12-5-7-13(8-6-12)18-11(2)14-9-16-10-17-14/h5-11,18H,3-4H2,1-2H3,(H,16,17). The number of rotatable bonds is 6. The highest BCUT2D eigenvalue weighted by molar-refractivity contribution is 5.96. The number of Topliss-reactive ketones (excluding diaryl/α,β-unsaturated/α-hetero) is 1. The summed E-state index contributed by atoms with van der Waals surface area (Å²) in [7, 11) is 0. The number of H-pyrrole nitrogens is 1. The third-order valence-corrected chi connectivity index (χ3v) is 3.05. The fraction of sp³-hybridized carbons (Fsp3) is 0.333. The number of anilines is 1. The van der Waals surface area contributed by atoms with Crippen molar-refractivity contribution in [2.45, 2.75) is 32.7 Å². The van der Waals surface area contributed by atoms with Gasteiger partial charge in [0, 0.05) is 23.9 Å². The number of ketones is 1. The number of aromatic amines is 1. The third kappa shape index (κ3) is 3.44. The van der Waals surface area contributed by atoms with Crippen LogP contribution in [0.2, 0.25) is 0 Å². The van der Waals surface area contributed by atoms with Crippen LogP contribution in [0.15, 0.2) is 36.8 Å². The first-order valence-electron chi connectivity index (χ1n) is 6.58. The van der Waals surface area contributed by atoms with Crippen molar-refractivity contribution in [1.82, 2.24) is 9.97 Å². The Hall–Kier alpha value is -2.10. The van der Waals surface area contributed by atoms with E-state index in [4.69, 9.17) is 0 Å². The largest absolute Gasteiger partial charge is 0.377 e. The van der Waals surface area contributed by atoms with E-state index in [0.717, 1.165) is 23.4 Å². The molecule has 0 amide bonds. The molecule has 4 heteroatoms. The Bertz CT molecular complexity index is 517. The lowest BCUT2D eigenvalue weighted by Gasteiger charge is -2.13. The number of imidazole rings is 1. The SMILES string of the molecule is CCCC(=O)c1ccc(NC(C)c2cnc[nH]2)cc1. The summed E-state index contributed by atoms with van der Waals surface area (Å²) >= 11 is 0. The fourth-order valence-corrected chi connectivity index (χ4v) is 1.95.